The highest BCUT2D eigenvalue weighted by Crippen LogP contribution is 2.38. The van der Waals surface area contributed by atoms with Crippen molar-refractivity contribution in [2.24, 2.45) is 0 Å². The fourth-order valence-corrected chi connectivity index (χ4v) is 4.22. The zero-order chi connectivity index (χ0) is 26.1. The summed E-state index contributed by atoms with van der Waals surface area (Å²) >= 11 is 6.19. The number of carbonyl (C=O) groups excluding carboxylic acids is 1. The van der Waals surface area contributed by atoms with Crippen LogP contribution in [0.3, 0.4) is 0 Å². The molecule has 7 nitrogen and oxygen atoms in total. The van der Waals surface area contributed by atoms with Gasteiger partial charge in [0.25, 0.3) is 11.8 Å². The number of rotatable bonds is 6. The molecule has 0 saturated carbocycles. The van der Waals surface area contributed by atoms with E-state index < -0.39 is 50.3 Å². The first-order valence-electron chi connectivity index (χ1n) is 9.98. The van der Waals surface area contributed by atoms with Gasteiger partial charge in [-0.25, -0.2) is 13.4 Å². The summed E-state index contributed by atoms with van der Waals surface area (Å²) in [4.78, 5) is 13.2. The molecule has 0 fully saturated rings. The first kappa shape index (κ1) is 26.4. The maximum Gasteiger partial charge on any atom is 0.435 e. The Hall–Kier alpha value is -3.25. The van der Waals surface area contributed by atoms with Gasteiger partial charge in [0.2, 0.25) is 0 Å². The van der Waals surface area contributed by atoms with E-state index in [9.17, 15) is 26.6 Å². The minimum absolute atomic E-state index is 0.0816. The number of hydrogen-bond acceptors (Lipinski definition) is 6. The van der Waals surface area contributed by atoms with E-state index in [1.165, 1.54) is 30.5 Å². The van der Waals surface area contributed by atoms with Gasteiger partial charge in [0.1, 0.15) is 17.1 Å². The molecular formula is C22H19ClF4N4O3S. The summed E-state index contributed by atoms with van der Waals surface area (Å²) in [5.74, 6) is -2.34. The van der Waals surface area contributed by atoms with Gasteiger partial charge in [-0.15, -0.1) is 10.2 Å². The fourth-order valence-electron chi connectivity index (χ4n) is 3.20. The number of halogens is 5. The maximum atomic E-state index is 14.0. The van der Waals surface area contributed by atoms with Crippen LogP contribution in [0.15, 0.2) is 41.3 Å². The van der Waals surface area contributed by atoms with E-state index in [1.54, 1.807) is 6.92 Å². The molecule has 1 aromatic heterocycles. The minimum atomic E-state index is -4.91. The van der Waals surface area contributed by atoms with Gasteiger partial charge in [-0.1, -0.05) is 24.6 Å². The van der Waals surface area contributed by atoms with E-state index in [1.807, 2.05) is 0 Å². The standard InChI is InChI=1S/C22H19ClF4N4O3S/c1-4-14-15(24)8-9-16(18(14)23)34-21-17(11(2)19(30-31-21)22(25,26)27)20(32)29-12-6-5-7-13(10-12)35(3,28)33/h5-10,28H,4H2,1-3H3,(H,29,32). The largest absolute Gasteiger partial charge is 0.435 e. The molecule has 0 spiro atoms. The average Bonchev–Trinajstić information content (AvgIpc) is 2.75. The van der Waals surface area contributed by atoms with Crippen LogP contribution in [0.4, 0.5) is 23.2 Å². The van der Waals surface area contributed by atoms with Crippen molar-refractivity contribution in [2.45, 2.75) is 31.3 Å². The van der Waals surface area contributed by atoms with Crippen LogP contribution in [0.1, 0.15) is 34.1 Å². The third-order valence-electron chi connectivity index (χ3n) is 4.93. The van der Waals surface area contributed by atoms with E-state index in [0.29, 0.717) is 0 Å². The number of ether oxygens (including phenoxy) is 1. The molecular weight excluding hydrogens is 512 g/mol. The number of carbonyl (C=O) groups is 1. The maximum absolute atomic E-state index is 14.0. The Balaban J connectivity index is 2.11. The molecule has 3 rings (SSSR count). The number of anilines is 1. The summed E-state index contributed by atoms with van der Waals surface area (Å²) in [5.41, 5.74) is -2.35. The van der Waals surface area contributed by atoms with Gasteiger partial charge in [0.15, 0.2) is 5.69 Å². The van der Waals surface area contributed by atoms with Crippen LogP contribution in [0.25, 0.3) is 0 Å². The molecule has 2 N–H and O–H groups in total. The minimum Gasteiger partial charge on any atom is -0.435 e. The molecule has 0 aliphatic heterocycles. The van der Waals surface area contributed by atoms with E-state index >= 15 is 0 Å². The topological polar surface area (TPSA) is 105 Å². The third kappa shape index (κ3) is 5.70. The van der Waals surface area contributed by atoms with Gasteiger partial charge in [-0.3, -0.25) is 4.79 Å². The molecule has 0 radical (unpaired) electrons. The van der Waals surface area contributed by atoms with Crippen molar-refractivity contribution in [1.29, 1.82) is 4.78 Å². The molecule has 1 unspecified atom stereocenters. The summed E-state index contributed by atoms with van der Waals surface area (Å²) in [6.07, 6.45) is -3.52. The van der Waals surface area contributed by atoms with Crippen molar-refractivity contribution in [2.75, 3.05) is 11.6 Å². The molecule has 1 amide bonds. The second-order valence-corrected chi connectivity index (χ2v) is 10.0. The van der Waals surface area contributed by atoms with Crippen LogP contribution < -0.4 is 10.1 Å². The van der Waals surface area contributed by atoms with Crippen molar-refractivity contribution >= 4 is 32.9 Å². The third-order valence-corrected chi connectivity index (χ3v) is 6.50. The van der Waals surface area contributed by atoms with Crippen molar-refractivity contribution in [1.82, 2.24) is 10.2 Å². The average molecular weight is 531 g/mol. The first-order chi connectivity index (χ1) is 16.2. The van der Waals surface area contributed by atoms with Crippen molar-refractivity contribution in [3.8, 4) is 11.6 Å². The molecule has 13 heteroatoms. The lowest BCUT2D eigenvalue weighted by molar-refractivity contribution is -0.142. The van der Waals surface area contributed by atoms with Gasteiger partial charge < -0.3 is 10.1 Å². The smallest absolute Gasteiger partial charge is 0.435 e. The summed E-state index contributed by atoms with van der Waals surface area (Å²) in [6.45, 7) is 2.68. The number of nitrogens with zero attached hydrogens (tertiary/aromatic N) is 2. The molecule has 3 aromatic rings. The highest BCUT2D eigenvalue weighted by atomic mass is 35.5. The molecule has 35 heavy (non-hydrogen) atoms. The zero-order valence-electron chi connectivity index (χ0n) is 18.6. The normalized spacial score (nSPS) is 13.3. The van der Waals surface area contributed by atoms with E-state index in [4.69, 9.17) is 21.1 Å². The molecule has 0 saturated heterocycles. The summed E-state index contributed by atoms with van der Waals surface area (Å²) < 4.78 is 79.7. The lowest BCUT2D eigenvalue weighted by Crippen LogP contribution is -2.21. The molecule has 1 atom stereocenters. The summed E-state index contributed by atoms with van der Waals surface area (Å²) in [7, 11) is -3.12. The Morgan fingerprint density at radius 3 is 2.51 bits per heavy atom. The van der Waals surface area contributed by atoms with Gasteiger partial charge in [-0.05, 0) is 49.2 Å². The number of hydrogen-bond donors (Lipinski definition) is 2. The van der Waals surface area contributed by atoms with Crippen LogP contribution in [-0.4, -0.2) is 26.6 Å². The summed E-state index contributed by atoms with van der Waals surface area (Å²) in [5, 5.41) is 8.91. The Morgan fingerprint density at radius 1 is 1.23 bits per heavy atom. The van der Waals surface area contributed by atoms with Crippen LogP contribution in [0.5, 0.6) is 11.6 Å². The monoisotopic (exact) mass is 530 g/mol. The van der Waals surface area contributed by atoms with Gasteiger partial charge >= 0.3 is 6.18 Å². The zero-order valence-corrected chi connectivity index (χ0v) is 20.2. The van der Waals surface area contributed by atoms with Gasteiger partial charge in [-0.2, -0.15) is 13.2 Å². The highest BCUT2D eigenvalue weighted by molar-refractivity contribution is 7.91. The second-order valence-electron chi connectivity index (χ2n) is 7.47. The fraction of sp³-hybridized carbons (Fsp3) is 0.227. The SMILES string of the molecule is CCc1c(F)ccc(Oc2nnc(C(F)(F)F)c(C)c2C(=O)Nc2cccc(S(C)(=N)=O)c2)c1Cl. The van der Waals surface area contributed by atoms with Crippen LogP contribution in [0.2, 0.25) is 5.02 Å². The lowest BCUT2D eigenvalue weighted by Gasteiger charge is -2.17. The lowest BCUT2D eigenvalue weighted by atomic mass is 10.1. The molecule has 0 bridgehead atoms. The molecule has 1 heterocycles. The molecule has 186 valence electrons. The molecule has 2 aromatic carbocycles. The van der Waals surface area contributed by atoms with Crippen LogP contribution in [0, 0.1) is 17.5 Å². The Labute approximate surface area is 203 Å². The predicted octanol–water partition coefficient (Wildman–Crippen LogP) is 6.24. The highest BCUT2D eigenvalue weighted by Gasteiger charge is 2.38. The van der Waals surface area contributed by atoms with Crippen LogP contribution >= 0.6 is 11.6 Å². The van der Waals surface area contributed by atoms with Gasteiger partial charge in [0.05, 0.1) is 14.8 Å². The predicted molar refractivity (Wildman–Crippen MR) is 122 cm³/mol. The van der Waals surface area contributed by atoms with Crippen LogP contribution in [-0.2, 0) is 22.3 Å². The number of aromatic nitrogens is 2. The Kier molecular flexibility index (Phi) is 7.37. The number of nitrogens with one attached hydrogen (secondary N) is 2. The number of alkyl halides is 3. The first-order valence-corrected chi connectivity index (χ1v) is 12.3. The quantitative estimate of drug-likeness (QED) is 0.367. The summed E-state index contributed by atoms with van der Waals surface area (Å²) in [6, 6.07) is 7.76. The van der Waals surface area contributed by atoms with E-state index in [2.05, 4.69) is 15.5 Å². The van der Waals surface area contributed by atoms with E-state index in [0.717, 1.165) is 19.1 Å². The second kappa shape index (κ2) is 9.78. The number of benzene rings is 2. The van der Waals surface area contributed by atoms with E-state index in [-0.39, 0.29) is 33.3 Å². The van der Waals surface area contributed by atoms with Crippen molar-refractivity contribution in [3.05, 3.63) is 69.6 Å². The molecule has 0 aliphatic rings. The Bertz CT molecular complexity index is 1410. The molecule has 0 aliphatic carbocycles. The van der Waals surface area contributed by atoms with Crippen molar-refractivity contribution < 1.29 is 31.3 Å². The van der Waals surface area contributed by atoms with Crippen molar-refractivity contribution in [3.63, 3.8) is 0 Å². The number of amides is 1. The Morgan fingerprint density at radius 2 is 1.91 bits per heavy atom. The van der Waals surface area contributed by atoms with Gasteiger partial charge in [0, 0.05) is 22.4 Å².